The number of aromatic hydroxyl groups is 1. The van der Waals surface area contributed by atoms with E-state index in [0.29, 0.717) is 11.8 Å². The predicted octanol–water partition coefficient (Wildman–Crippen LogP) is 22.9. The Morgan fingerprint density at radius 1 is 0.386 bits per heavy atom. The van der Waals surface area contributed by atoms with E-state index in [0.717, 1.165) is 110 Å². The number of phenolic OH excluding ortho intramolecular Hbond substituents is 1. The monoisotopic (exact) mass is 1080 g/mol. The number of phenols is 1. The third-order valence-corrected chi connectivity index (χ3v) is 18.9. The molecule has 1 N–H and O–H groups in total. The Morgan fingerprint density at radius 3 is 1.43 bits per heavy atom. The van der Waals surface area contributed by atoms with Crippen molar-refractivity contribution in [2.45, 2.75) is 96.8 Å². The molecule has 2 fully saturated rings. The van der Waals surface area contributed by atoms with Crippen LogP contribution in [0, 0.1) is 6.92 Å². The largest absolute Gasteiger partial charge is 0.505 e. The van der Waals surface area contributed by atoms with Gasteiger partial charge in [0.15, 0.2) is 5.58 Å². The van der Waals surface area contributed by atoms with Crippen molar-refractivity contribution < 1.29 is 9.52 Å². The van der Waals surface area contributed by atoms with Crippen molar-refractivity contribution >= 4 is 88.4 Å². The zero-order chi connectivity index (χ0) is 55.7. The number of rotatable bonds is 13. The second-order valence-electron chi connectivity index (χ2n) is 23.6. The molecular weight excluding hydrogens is 1010 g/mol. The third kappa shape index (κ3) is 8.64. The number of furan rings is 1. The van der Waals surface area contributed by atoms with Crippen LogP contribution in [-0.4, -0.2) is 5.11 Å². The first-order valence-electron chi connectivity index (χ1n) is 30.5. The summed E-state index contributed by atoms with van der Waals surface area (Å²) in [6, 6.07) is 80.6. The molecule has 0 atom stereocenters. The quantitative estimate of drug-likeness (QED) is 0.117. The van der Waals surface area contributed by atoms with E-state index in [1.54, 1.807) is 0 Å². The average molecular weight is 1080 g/mol. The summed E-state index contributed by atoms with van der Waals surface area (Å²) in [4.78, 5) is 4.90. The minimum absolute atomic E-state index is 0.258. The fourth-order valence-corrected chi connectivity index (χ4v) is 14.6. The Balaban J connectivity index is 1.01. The molecular formula is C79H68N2O2. The van der Waals surface area contributed by atoms with Crippen LogP contribution in [0.1, 0.15) is 105 Å². The number of aryl methyl sites for hydroxylation is 3. The van der Waals surface area contributed by atoms with Crippen molar-refractivity contribution in [2.24, 2.45) is 0 Å². The van der Waals surface area contributed by atoms with Crippen molar-refractivity contribution in [3.63, 3.8) is 0 Å². The van der Waals surface area contributed by atoms with Crippen LogP contribution in [0.2, 0.25) is 0 Å². The molecule has 0 unspecified atom stereocenters. The Morgan fingerprint density at radius 2 is 0.843 bits per heavy atom. The first-order valence-corrected chi connectivity index (χ1v) is 30.5. The number of hydrogen-bond acceptors (Lipinski definition) is 4. The molecule has 0 amide bonds. The second kappa shape index (κ2) is 21.0. The highest BCUT2D eigenvalue weighted by Gasteiger charge is 2.32. The van der Waals surface area contributed by atoms with Crippen molar-refractivity contribution in [2.75, 3.05) is 9.80 Å². The van der Waals surface area contributed by atoms with E-state index in [1.165, 1.54) is 104 Å². The molecule has 1 aromatic heterocycles. The average Bonchev–Trinajstić information content (AvgIpc) is 2.22. The standard InChI is InChI=1S/C79H68N2O2/c1-4-51-35-39-58(40-36-51)80(71-33-17-29-61(77(71)82)57-27-15-26-56(47-57)60-28-14-9-19-50(60)3)73-48-69(54-22-10-11-23-54)63-44-46-68-74(49-70(55-24-12-13-25-55)64-43-45-67(73)75(63)76(64)68)81(59-41-37-52(5-2)38-42-59)72-34-18-32-66-65-31-16-30-62(78(65)83-79(66)72)53-20-7-6-8-21-53/h6-9,14-21,26-49,54-55,82H,4-5,10-13,22-25H2,1-3H3. The highest BCUT2D eigenvalue weighted by molar-refractivity contribution is 6.30. The van der Waals surface area contributed by atoms with Crippen LogP contribution in [0.25, 0.3) is 87.6 Å². The van der Waals surface area contributed by atoms with Gasteiger partial charge >= 0.3 is 0 Å². The van der Waals surface area contributed by atoms with Gasteiger partial charge in [0.25, 0.3) is 0 Å². The van der Waals surface area contributed by atoms with Gasteiger partial charge in [0.05, 0.1) is 22.7 Å². The molecule has 0 radical (unpaired) electrons. The molecule has 1 heterocycles. The maximum atomic E-state index is 13.1. The number of nitrogens with zero attached hydrogens (tertiary/aromatic N) is 2. The highest BCUT2D eigenvalue weighted by atomic mass is 16.3. The SMILES string of the molecule is CCc1ccc(N(c2cccc(-c3cccc(-c4ccccc4C)c3)c2O)c2cc(C3CCCC3)c3ccc4c(N(c5ccc(CC)cc5)c5cccc6c5oc5c(-c7ccccc7)cccc56)cc(C5CCCC5)c5ccc2c3c54)cc1. The summed E-state index contributed by atoms with van der Waals surface area (Å²) in [6.07, 6.45) is 11.4. The van der Waals surface area contributed by atoms with Gasteiger partial charge < -0.3 is 19.3 Å². The zero-order valence-corrected chi connectivity index (χ0v) is 47.8. The smallest absolute Gasteiger partial charge is 0.159 e. The van der Waals surface area contributed by atoms with Crippen LogP contribution >= 0.6 is 0 Å². The van der Waals surface area contributed by atoms with Crippen molar-refractivity contribution in [3.05, 3.63) is 246 Å². The molecule has 4 heteroatoms. The van der Waals surface area contributed by atoms with Gasteiger partial charge in [0.2, 0.25) is 0 Å². The molecule has 83 heavy (non-hydrogen) atoms. The van der Waals surface area contributed by atoms with E-state index in [2.05, 4.69) is 249 Å². The summed E-state index contributed by atoms with van der Waals surface area (Å²) in [6.45, 7) is 6.62. The minimum Gasteiger partial charge on any atom is -0.505 e. The third-order valence-electron chi connectivity index (χ3n) is 18.9. The first kappa shape index (κ1) is 50.8. The summed E-state index contributed by atoms with van der Waals surface area (Å²) < 4.78 is 7.32. The Kier molecular flexibility index (Phi) is 12.9. The molecule has 0 bridgehead atoms. The van der Waals surface area contributed by atoms with Crippen LogP contribution < -0.4 is 9.80 Å². The van der Waals surface area contributed by atoms with Gasteiger partial charge in [0.1, 0.15) is 11.3 Å². The topological polar surface area (TPSA) is 39.9 Å². The molecule has 0 spiro atoms. The fourth-order valence-electron chi connectivity index (χ4n) is 14.6. The van der Waals surface area contributed by atoms with E-state index in [4.69, 9.17) is 4.42 Å². The molecule has 12 aromatic carbocycles. The van der Waals surface area contributed by atoms with Crippen molar-refractivity contribution in [3.8, 4) is 39.1 Å². The lowest BCUT2D eigenvalue weighted by Gasteiger charge is -2.32. The molecule has 15 rings (SSSR count). The number of anilines is 6. The summed E-state index contributed by atoms with van der Waals surface area (Å²) in [5.74, 6) is 1.08. The second-order valence-corrected chi connectivity index (χ2v) is 23.6. The van der Waals surface area contributed by atoms with E-state index in [9.17, 15) is 5.11 Å². The Bertz CT molecular complexity index is 4560. The molecule has 0 aliphatic heterocycles. The van der Waals surface area contributed by atoms with Crippen LogP contribution in [0.4, 0.5) is 34.1 Å². The van der Waals surface area contributed by atoms with Gasteiger partial charge in [-0.3, -0.25) is 0 Å². The summed E-state index contributed by atoms with van der Waals surface area (Å²) in [7, 11) is 0. The van der Waals surface area contributed by atoms with Gasteiger partial charge in [-0.05, 0) is 183 Å². The summed E-state index contributed by atoms with van der Waals surface area (Å²) in [5.41, 5.74) is 20.8. The molecule has 2 aliphatic carbocycles. The lowest BCUT2D eigenvalue weighted by molar-refractivity contribution is 0.478. The minimum atomic E-state index is 0.258. The van der Waals surface area contributed by atoms with Crippen molar-refractivity contribution in [1.29, 1.82) is 0 Å². The van der Waals surface area contributed by atoms with Crippen molar-refractivity contribution in [1.82, 2.24) is 0 Å². The van der Waals surface area contributed by atoms with Crippen LogP contribution in [0.3, 0.4) is 0 Å². The predicted molar refractivity (Wildman–Crippen MR) is 351 cm³/mol. The van der Waals surface area contributed by atoms with Gasteiger partial charge in [-0.2, -0.15) is 0 Å². The number of hydrogen-bond donors (Lipinski definition) is 1. The fraction of sp³-hybridized carbons (Fsp3) is 0.190. The molecule has 406 valence electrons. The van der Waals surface area contributed by atoms with E-state index >= 15 is 0 Å². The molecule has 2 aliphatic rings. The van der Waals surface area contributed by atoms with Gasteiger partial charge in [-0.15, -0.1) is 0 Å². The van der Waals surface area contributed by atoms with Crippen LogP contribution in [0.5, 0.6) is 5.75 Å². The van der Waals surface area contributed by atoms with Gasteiger partial charge in [-0.1, -0.05) is 203 Å². The molecule has 13 aromatic rings. The van der Waals surface area contributed by atoms with Gasteiger partial charge in [-0.25, -0.2) is 0 Å². The summed E-state index contributed by atoms with van der Waals surface area (Å²) in [5, 5.41) is 23.0. The molecule has 2 saturated carbocycles. The van der Waals surface area contributed by atoms with E-state index < -0.39 is 0 Å². The van der Waals surface area contributed by atoms with Gasteiger partial charge in [0, 0.05) is 44.0 Å². The number of para-hydroxylation sites is 3. The maximum absolute atomic E-state index is 13.1. The Labute approximate surface area is 487 Å². The Hall–Kier alpha value is -9.12. The molecule has 0 saturated heterocycles. The number of benzene rings is 12. The highest BCUT2D eigenvalue weighted by Crippen LogP contribution is 2.55. The summed E-state index contributed by atoms with van der Waals surface area (Å²) >= 11 is 0. The lowest BCUT2D eigenvalue weighted by atomic mass is 9.82. The number of fused-ring (bicyclic) bond motifs is 3. The van der Waals surface area contributed by atoms with Crippen LogP contribution in [0.15, 0.2) is 223 Å². The van der Waals surface area contributed by atoms with E-state index in [-0.39, 0.29) is 5.75 Å². The molecule has 4 nitrogen and oxygen atoms in total. The van der Waals surface area contributed by atoms with E-state index in [1.807, 2.05) is 0 Å². The normalized spacial score (nSPS) is 14.1. The van der Waals surface area contributed by atoms with Crippen LogP contribution in [-0.2, 0) is 12.8 Å². The maximum Gasteiger partial charge on any atom is 0.159 e. The first-order chi connectivity index (χ1) is 40.9. The lowest BCUT2D eigenvalue weighted by Crippen LogP contribution is -2.14. The zero-order valence-electron chi connectivity index (χ0n) is 47.8.